The summed E-state index contributed by atoms with van der Waals surface area (Å²) in [4.78, 5) is 0. The largest absolute Gasteiger partial charge is 0.497 e. The Morgan fingerprint density at radius 2 is 1.15 bits per heavy atom. The van der Waals surface area contributed by atoms with Gasteiger partial charge in [0.1, 0.15) is 5.75 Å². The normalized spacial score (nSPS) is 13.0. The topological polar surface area (TPSA) is 9.23 Å². The predicted octanol–water partition coefficient (Wildman–Crippen LogP) is 7.68. The molecule has 2 aromatic carbocycles. The van der Waals surface area contributed by atoms with Gasteiger partial charge in [-0.15, -0.1) is 0 Å². The van der Waals surface area contributed by atoms with E-state index in [4.69, 9.17) is 4.74 Å². The van der Waals surface area contributed by atoms with E-state index in [9.17, 15) is 0 Å². The van der Waals surface area contributed by atoms with Crippen molar-refractivity contribution in [2.24, 2.45) is 11.8 Å². The maximum atomic E-state index is 5.05. The van der Waals surface area contributed by atoms with Crippen molar-refractivity contribution in [2.45, 2.75) is 66.2 Å². The lowest BCUT2D eigenvalue weighted by molar-refractivity contribution is 0.414. The number of benzene rings is 2. The Labute approximate surface area is 161 Å². The van der Waals surface area contributed by atoms with E-state index >= 15 is 0 Å². The van der Waals surface area contributed by atoms with Gasteiger partial charge in [0.25, 0.3) is 0 Å². The maximum absolute atomic E-state index is 5.05. The molecule has 0 aliphatic heterocycles. The molecule has 0 saturated heterocycles. The van der Waals surface area contributed by atoms with E-state index in [-0.39, 0.29) is 0 Å². The minimum absolute atomic E-state index is 0.598. The molecule has 2 aromatic rings. The fourth-order valence-electron chi connectivity index (χ4n) is 2.59. The van der Waals surface area contributed by atoms with Crippen molar-refractivity contribution in [3.05, 3.63) is 65.7 Å². The second-order valence-electron chi connectivity index (χ2n) is 8.07. The summed E-state index contributed by atoms with van der Waals surface area (Å²) in [5.74, 6) is 4.25. The third-order valence-electron chi connectivity index (χ3n) is 4.81. The number of hydrogen-bond donors (Lipinski definition) is 0. The first kappa shape index (κ1) is 22.3. The summed E-state index contributed by atoms with van der Waals surface area (Å²) in [7, 11) is 1.68. The molecule has 0 N–H and O–H groups in total. The average Bonchev–Trinajstić information content (AvgIpc) is 3.49. The van der Waals surface area contributed by atoms with Gasteiger partial charge >= 0.3 is 0 Å². The molecule has 1 aliphatic rings. The summed E-state index contributed by atoms with van der Waals surface area (Å²) in [5.41, 5.74) is 2.77. The lowest BCUT2D eigenvalue weighted by atomic mass is 10.0. The Kier molecular flexibility index (Phi) is 10.1. The van der Waals surface area contributed by atoms with E-state index in [0.717, 1.165) is 17.6 Å². The highest BCUT2D eigenvalue weighted by Gasteiger charge is 2.23. The molecule has 0 unspecified atom stereocenters. The number of methoxy groups -OCH3 is 1. The third kappa shape index (κ3) is 9.08. The Bertz CT molecular complexity index is 577. The first-order valence-corrected chi connectivity index (χ1v) is 10.0. The molecule has 1 nitrogen and oxygen atoms in total. The van der Waals surface area contributed by atoms with Gasteiger partial charge in [0, 0.05) is 0 Å². The molecule has 1 heteroatoms. The van der Waals surface area contributed by atoms with Crippen LogP contribution >= 0.6 is 0 Å². The van der Waals surface area contributed by atoms with E-state index in [1.54, 1.807) is 7.11 Å². The monoisotopic (exact) mass is 354 g/mol. The van der Waals surface area contributed by atoms with Crippen molar-refractivity contribution in [3.63, 3.8) is 0 Å². The zero-order chi connectivity index (χ0) is 19.5. The second-order valence-corrected chi connectivity index (χ2v) is 8.07. The predicted molar refractivity (Wildman–Crippen MR) is 115 cm³/mol. The molecule has 1 aliphatic carbocycles. The SMILES string of the molecule is CC(C)C1CC1.CC(C)c1ccccc1.COc1ccc(C(C)C)cc1. The highest BCUT2D eigenvalue weighted by atomic mass is 16.5. The van der Waals surface area contributed by atoms with Gasteiger partial charge < -0.3 is 4.74 Å². The van der Waals surface area contributed by atoms with Crippen molar-refractivity contribution < 1.29 is 4.74 Å². The van der Waals surface area contributed by atoms with Crippen molar-refractivity contribution in [3.8, 4) is 5.75 Å². The summed E-state index contributed by atoms with van der Waals surface area (Å²) in [6.45, 7) is 13.4. The molecule has 0 radical (unpaired) electrons. The van der Waals surface area contributed by atoms with Crippen LogP contribution in [0, 0.1) is 11.8 Å². The van der Waals surface area contributed by atoms with Crippen LogP contribution in [0.15, 0.2) is 54.6 Å². The lowest BCUT2D eigenvalue weighted by Crippen LogP contribution is -1.87. The molecule has 0 aromatic heterocycles. The Balaban J connectivity index is 0.000000203. The molecular weight excluding hydrogens is 316 g/mol. The standard InChI is InChI=1S/C10H14O.C9H12.C6H12/c1-8(2)9-4-6-10(11-3)7-5-9;1-8(2)9-6-4-3-5-7-9;1-5(2)6-3-4-6/h4-8H,1-3H3;3-8H,1-2H3;5-6H,3-4H2,1-2H3. The van der Waals surface area contributed by atoms with Gasteiger partial charge in [-0.25, -0.2) is 0 Å². The molecule has 0 amide bonds. The first-order chi connectivity index (χ1) is 12.3. The van der Waals surface area contributed by atoms with Crippen molar-refractivity contribution in [2.75, 3.05) is 7.11 Å². The number of hydrogen-bond acceptors (Lipinski definition) is 1. The molecule has 3 rings (SSSR count). The van der Waals surface area contributed by atoms with Crippen LogP contribution in [0.3, 0.4) is 0 Å². The Morgan fingerprint density at radius 3 is 1.42 bits per heavy atom. The minimum atomic E-state index is 0.598. The van der Waals surface area contributed by atoms with Gasteiger partial charge in [0.2, 0.25) is 0 Å². The second kappa shape index (κ2) is 11.8. The number of rotatable bonds is 4. The van der Waals surface area contributed by atoms with Crippen LogP contribution in [0.25, 0.3) is 0 Å². The van der Waals surface area contributed by atoms with Crippen LogP contribution in [0.4, 0.5) is 0 Å². The average molecular weight is 355 g/mol. The summed E-state index contributed by atoms with van der Waals surface area (Å²) in [5, 5.41) is 0. The van der Waals surface area contributed by atoms with Crippen LogP contribution in [0.5, 0.6) is 5.75 Å². The smallest absolute Gasteiger partial charge is 0.118 e. The lowest BCUT2D eigenvalue weighted by Gasteiger charge is -2.05. The van der Waals surface area contributed by atoms with E-state index in [1.807, 2.05) is 18.2 Å². The fourth-order valence-corrected chi connectivity index (χ4v) is 2.59. The summed E-state index contributed by atoms with van der Waals surface area (Å²) >= 11 is 0. The zero-order valence-electron chi connectivity index (χ0n) is 17.8. The van der Waals surface area contributed by atoms with Crippen LogP contribution in [-0.4, -0.2) is 7.11 Å². The Hall–Kier alpha value is -1.76. The molecule has 1 saturated carbocycles. The zero-order valence-corrected chi connectivity index (χ0v) is 17.8. The fraction of sp³-hybridized carbons (Fsp3) is 0.520. The van der Waals surface area contributed by atoms with Crippen molar-refractivity contribution in [1.29, 1.82) is 0 Å². The van der Waals surface area contributed by atoms with E-state index < -0.39 is 0 Å². The summed E-state index contributed by atoms with van der Waals surface area (Å²) < 4.78 is 5.05. The molecule has 26 heavy (non-hydrogen) atoms. The molecule has 0 spiro atoms. The van der Waals surface area contributed by atoms with E-state index in [0.29, 0.717) is 11.8 Å². The summed E-state index contributed by atoms with van der Waals surface area (Å²) in [6, 6.07) is 18.7. The molecule has 144 valence electrons. The van der Waals surface area contributed by atoms with Gasteiger partial charge in [-0.1, -0.05) is 84.0 Å². The van der Waals surface area contributed by atoms with Gasteiger partial charge in [0.05, 0.1) is 7.11 Å². The maximum Gasteiger partial charge on any atom is 0.118 e. The van der Waals surface area contributed by atoms with Crippen molar-refractivity contribution in [1.82, 2.24) is 0 Å². The summed E-state index contributed by atoms with van der Waals surface area (Å²) in [6.07, 6.45) is 3.00. The van der Waals surface area contributed by atoms with E-state index in [1.165, 1.54) is 24.0 Å². The molecular formula is C25H38O. The van der Waals surface area contributed by atoms with Crippen LogP contribution < -0.4 is 4.74 Å². The van der Waals surface area contributed by atoms with Gasteiger partial charge in [-0.2, -0.15) is 0 Å². The van der Waals surface area contributed by atoms with Gasteiger partial charge in [-0.05, 0) is 59.8 Å². The highest BCUT2D eigenvalue weighted by Crippen LogP contribution is 2.35. The first-order valence-electron chi connectivity index (χ1n) is 10.0. The highest BCUT2D eigenvalue weighted by molar-refractivity contribution is 5.28. The van der Waals surface area contributed by atoms with Crippen LogP contribution in [0.2, 0.25) is 0 Å². The third-order valence-corrected chi connectivity index (χ3v) is 4.81. The quantitative estimate of drug-likeness (QED) is 0.547. The molecule has 0 bridgehead atoms. The molecule has 1 fully saturated rings. The molecule has 0 heterocycles. The van der Waals surface area contributed by atoms with Crippen LogP contribution in [-0.2, 0) is 0 Å². The Morgan fingerprint density at radius 1 is 0.692 bits per heavy atom. The van der Waals surface area contributed by atoms with Crippen LogP contribution in [0.1, 0.15) is 77.3 Å². The van der Waals surface area contributed by atoms with Gasteiger partial charge in [-0.3, -0.25) is 0 Å². The van der Waals surface area contributed by atoms with Crippen molar-refractivity contribution >= 4 is 0 Å². The number of ether oxygens (including phenoxy) is 1. The molecule has 0 atom stereocenters. The van der Waals surface area contributed by atoms with Gasteiger partial charge in [0.15, 0.2) is 0 Å². The van der Waals surface area contributed by atoms with E-state index in [2.05, 4.69) is 77.9 Å². The minimum Gasteiger partial charge on any atom is -0.497 e.